The predicted octanol–water partition coefficient (Wildman–Crippen LogP) is 2.33. The van der Waals surface area contributed by atoms with Gasteiger partial charge in [0.2, 0.25) is 0 Å². The second-order valence-electron chi connectivity index (χ2n) is 3.59. The van der Waals surface area contributed by atoms with Crippen molar-refractivity contribution < 1.29 is 4.52 Å². The van der Waals surface area contributed by atoms with Crippen LogP contribution in [-0.4, -0.2) is 19.9 Å². The van der Waals surface area contributed by atoms with Crippen LogP contribution in [-0.2, 0) is 13.5 Å². The molecule has 0 spiro atoms. The van der Waals surface area contributed by atoms with Crippen LogP contribution < -0.4 is 0 Å². The maximum absolute atomic E-state index is 5.88. The lowest BCUT2D eigenvalue weighted by Gasteiger charge is -1.91. The molecule has 0 bridgehead atoms. The van der Waals surface area contributed by atoms with E-state index < -0.39 is 0 Å². The Balaban J connectivity index is 2.41. The number of alkyl halides is 1. The van der Waals surface area contributed by atoms with Crippen LogP contribution in [0.1, 0.15) is 30.7 Å². The third-order valence-electron chi connectivity index (χ3n) is 2.27. The fraction of sp³-hybridized carbons (Fsp3) is 0.500. The molecule has 5 nitrogen and oxygen atoms in total. The molecule has 0 fully saturated rings. The standard InChI is InChI=1S/C10H13ClN4O/c1-4-8-7(5-15(3)13-8)10-12-9(6(2)11)14-16-10/h5-6H,4H2,1-3H3. The van der Waals surface area contributed by atoms with Crippen LogP contribution in [0.25, 0.3) is 11.5 Å². The van der Waals surface area contributed by atoms with Crippen LogP contribution in [0.2, 0.25) is 0 Å². The molecule has 2 rings (SSSR count). The first-order valence-corrected chi connectivity index (χ1v) is 5.56. The quantitative estimate of drug-likeness (QED) is 0.773. The van der Waals surface area contributed by atoms with E-state index in [2.05, 4.69) is 15.2 Å². The van der Waals surface area contributed by atoms with Crippen molar-refractivity contribution in [3.05, 3.63) is 17.7 Å². The van der Waals surface area contributed by atoms with Crippen molar-refractivity contribution >= 4 is 11.6 Å². The first-order chi connectivity index (χ1) is 7.61. The van der Waals surface area contributed by atoms with Gasteiger partial charge in [-0.15, -0.1) is 11.6 Å². The summed E-state index contributed by atoms with van der Waals surface area (Å²) >= 11 is 5.88. The lowest BCUT2D eigenvalue weighted by atomic mass is 10.2. The first kappa shape index (κ1) is 11.1. The number of aromatic nitrogens is 4. The van der Waals surface area contributed by atoms with E-state index in [1.807, 2.05) is 20.2 Å². The van der Waals surface area contributed by atoms with Gasteiger partial charge in [0, 0.05) is 13.2 Å². The molecular weight excluding hydrogens is 228 g/mol. The van der Waals surface area contributed by atoms with Crippen LogP contribution in [0.4, 0.5) is 0 Å². The lowest BCUT2D eigenvalue weighted by molar-refractivity contribution is 0.422. The SMILES string of the molecule is CCc1nn(C)cc1-c1nc(C(C)Cl)no1. The molecule has 0 aliphatic carbocycles. The van der Waals surface area contributed by atoms with E-state index in [1.54, 1.807) is 11.6 Å². The first-order valence-electron chi connectivity index (χ1n) is 5.12. The van der Waals surface area contributed by atoms with E-state index >= 15 is 0 Å². The second kappa shape index (κ2) is 4.25. The zero-order valence-corrected chi connectivity index (χ0v) is 10.2. The average molecular weight is 241 g/mol. The zero-order valence-electron chi connectivity index (χ0n) is 9.44. The Morgan fingerprint density at radius 2 is 2.31 bits per heavy atom. The third-order valence-corrected chi connectivity index (χ3v) is 2.46. The van der Waals surface area contributed by atoms with Gasteiger partial charge in [0.25, 0.3) is 5.89 Å². The third kappa shape index (κ3) is 1.95. The summed E-state index contributed by atoms with van der Waals surface area (Å²) in [6, 6.07) is 0. The maximum atomic E-state index is 5.88. The number of hydrogen-bond donors (Lipinski definition) is 0. The maximum Gasteiger partial charge on any atom is 0.261 e. The summed E-state index contributed by atoms with van der Waals surface area (Å²) in [5.74, 6) is 0.982. The zero-order chi connectivity index (χ0) is 11.7. The molecule has 1 unspecified atom stereocenters. The fourth-order valence-corrected chi connectivity index (χ4v) is 1.57. The Bertz CT molecular complexity index is 489. The summed E-state index contributed by atoms with van der Waals surface area (Å²) in [6.07, 6.45) is 2.69. The molecule has 0 N–H and O–H groups in total. The van der Waals surface area contributed by atoms with Crippen LogP contribution >= 0.6 is 11.6 Å². The van der Waals surface area contributed by atoms with Gasteiger partial charge in [0.15, 0.2) is 5.82 Å². The Kier molecular flexibility index (Phi) is 2.96. The van der Waals surface area contributed by atoms with E-state index in [0.29, 0.717) is 11.7 Å². The summed E-state index contributed by atoms with van der Waals surface area (Å²) in [5.41, 5.74) is 1.82. The van der Waals surface area contributed by atoms with Gasteiger partial charge in [-0.2, -0.15) is 10.1 Å². The number of aryl methyl sites for hydroxylation is 2. The van der Waals surface area contributed by atoms with Gasteiger partial charge in [-0.3, -0.25) is 4.68 Å². The highest BCUT2D eigenvalue weighted by atomic mass is 35.5. The van der Waals surface area contributed by atoms with Crippen LogP contribution in [0.15, 0.2) is 10.7 Å². The van der Waals surface area contributed by atoms with Gasteiger partial charge in [0.1, 0.15) is 0 Å². The van der Waals surface area contributed by atoms with Crippen molar-refractivity contribution in [2.45, 2.75) is 25.6 Å². The summed E-state index contributed by atoms with van der Waals surface area (Å²) in [6.45, 7) is 3.84. The highest BCUT2D eigenvalue weighted by molar-refractivity contribution is 6.20. The largest absolute Gasteiger partial charge is 0.334 e. The number of halogens is 1. The molecule has 6 heteroatoms. The average Bonchev–Trinajstić information content (AvgIpc) is 2.82. The van der Waals surface area contributed by atoms with Gasteiger partial charge in [0.05, 0.1) is 16.6 Å². The minimum atomic E-state index is -0.251. The van der Waals surface area contributed by atoms with E-state index in [0.717, 1.165) is 17.7 Å². The van der Waals surface area contributed by atoms with Crippen molar-refractivity contribution in [2.24, 2.45) is 7.05 Å². The molecule has 2 heterocycles. The van der Waals surface area contributed by atoms with Crippen LogP contribution in [0.5, 0.6) is 0 Å². The molecule has 0 aliphatic heterocycles. The summed E-state index contributed by atoms with van der Waals surface area (Å²) in [5, 5.41) is 7.89. The molecule has 0 saturated carbocycles. The van der Waals surface area contributed by atoms with E-state index in [-0.39, 0.29) is 5.38 Å². The van der Waals surface area contributed by atoms with Crippen LogP contribution in [0.3, 0.4) is 0 Å². The Morgan fingerprint density at radius 1 is 1.56 bits per heavy atom. The van der Waals surface area contributed by atoms with Gasteiger partial charge in [-0.1, -0.05) is 12.1 Å². The molecule has 16 heavy (non-hydrogen) atoms. The number of hydrogen-bond acceptors (Lipinski definition) is 4. The molecule has 0 aromatic carbocycles. The molecule has 0 radical (unpaired) electrons. The molecule has 86 valence electrons. The number of rotatable bonds is 3. The molecular formula is C10H13ClN4O. The van der Waals surface area contributed by atoms with Crippen molar-refractivity contribution in [3.8, 4) is 11.5 Å². The minimum absolute atomic E-state index is 0.251. The number of nitrogens with zero attached hydrogens (tertiary/aromatic N) is 4. The van der Waals surface area contributed by atoms with Crippen molar-refractivity contribution in [2.75, 3.05) is 0 Å². The minimum Gasteiger partial charge on any atom is -0.334 e. The molecule has 0 aliphatic rings. The highest BCUT2D eigenvalue weighted by Crippen LogP contribution is 2.24. The topological polar surface area (TPSA) is 56.7 Å². The predicted molar refractivity (Wildman–Crippen MR) is 60.1 cm³/mol. The van der Waals surface area contributed by atoms with Gasteiger partial charge < -0.3 is 4.52 Å². The smallest absolute Gasteiger partial charge is 0.261 e. The van der Waals surface area contributed by atoms with Crippen molar-refractivity contribution in [1.82, 2.24) is 19.9 Å². The van der Waals surface area contributed by atoms with Gasteiger partial charge in [-0.05, 0) is 13.3 Å². The summed E-state index contributed by atoms with van der Waals surface area (Å²) < 4.78 is 6.91. The lowest BCUT2D eigenvalue weighted by Crippen LogP contribution is -1.89. The molecule has 2 aromatic rings. The molecule has 2 aromatic heterocycles. The van der Waals surface area contributed by atoms with Crippen molar-refractivity contribution in [1.29, 1.82) is 0 Å². The van der Waals surface area contributed by atoms with E-state index in [1.165, 1.54) is 0 Å². The fourth-order valence-electron chi connectivity index (χ4n) is 1.48. The van der Waals surface area contributed by atoms with E-state index in [9.17, 15) is 0 Å². The Labute approximate surface area is 98.4 Å². The molecule has 1 atom stereocenters. The van der Waals surface area contributed by atoms with Crippen molar-refractivity contribution in [3.63, 3.8) is 0 Å². The summed E-state index contributed by atoms with van der Waals surface area (Å²) in [4.78, 5) is 4.24. The molecule has 0 saturated heterocycles. The Morgan fingerprint density at radius 3 is 2.88 bits per heavy atom. The molecule has 0 amide bonds. The second-order valence-corrected chi connectivity index (χ2v) is 4.25. The normalized spacial score (nSPS) is 13.0. The summed E-state index contributed by atoms with van der Waals surface area (Å²) in [7, 11) is 1.87. The highest BCUT2D eigenvalue weighted by Gasteiger charge is 2.17. The van der Waals surface area contributed by atoms with Gasteiger partial charge in [-0.25, -0.2) is 0 Å². The monoisotopic (exact) mass is 240 g/mol. The van der Waals surface area contributed by atoms with Gasteiger partial charge >= 0.3 is 0 Å². The Hall–Kier alpha value is -1.36. The van der Waals surface area contributed by atoms with Crippen LogP contribution in [0, 0.1) is 0 Å². The van der Waals surface area contributed by atoms with E-state index in [4.69, 9.17) is 16.1 Å².